The van der Waals surface area contributed by atoms with E-state index in [9.17, 15) is 0 Å². The Kier molecular flexibility index (Phi) is 5.91. The lowest BCUT2D eigenvalue weighted by Crippen LogP contribution is -2.36. The Morgan fingerprint density at radius 1 is 1.21 bits per heavy atom. The molecule has 0 radical (unpaired) electrons. The number of hydrogen-bond donors (Lipinski definition) is 1. The summed E-state index contributed by atoms with van der Waals surface area (Å²) in [5, 5.41) is 4.12. The van der Waals surface area contributed by atoms with Crippen molar-refractivity contribution >= 4 is 17.4 Å². The lowest BCUT2D eigenvalue weighted by Gasteiger charge is -2.27. The number of anilines is 1. The molecule has 24 heavy (non-hydrogen) atoms. The molecule has 1 saturated heterocycles. The van der Waals surface area contributed by atoms with Crippen LogP contribution >= 0.6 is 11.6 Å². The third kappa shape index (κ3) is 4.38. The number of nitrogens with zero attached hydrogens (tertiary/aromatic N) is 2. The summed E-state index contributed by atoms with van der Waals surface area (Å²) in [5.41, 5.74) is 2.19. The van der Waals surface area contributed by atoms with Crippen LogP contribution in [0.25, 0.3) is 0 Å². The van der Waals surface area contributed by atoms with Crippen molar-refractivity contribution in [2.24, 2.45) is 0 Å². The zero-order chi connectivity index (χ0) is 16.8. The van der Waals surface area contributed by atoms with Gasteiger partial charge in [-0.2, -0.15) is 0 Å². The van der Waals surface area contributed by atoms with Crippen molar-refractivity contribution in [2.45, 2.75) is 13.1 Å². The van der Waals surface area contributed by atoms with Gasteiger partial charge in [0.1, 0.15) is 11.6 Å². The number of methoxy groups -OCH3 is 1. The highest BCUT2D eigenvalue weighted by molar-refractivity contribution is 6.30. The molecule has 2 heterocycles. The van der Waals surface area contributed by atoms with E-state index in [1.165, 1.54) is 0 Å². The van der Waals surface area contributed by atoms with Gasteiger partial charge in [-0.3, -0.25) is 0 Å². The number of benzene rings is 1. The normalized spacial score (nSPS) is 14.7. The van der Waals surface area contributed by atoms with Gasteiger partial charge in [-0.1, -0.05) is 17.7 Å². The number of hydrogen-bond acceptors (Lipinski definition) is 5. The summed E-state index contributed by atoms with van der Waals surface area (Å²) in [5.74, 6) is 1.85. The molecule has 0 spiro atoms. The first-order chi connectivity index (χ1) is 11.8. The van der Waals surface area contributed by atoms with E-state index in [1.807, 2.05) is 24.4 Å². The molecule has 1 aliphatic heterocycles. The molecule has 3 rings (SSSR count). The molecule has 0 aliphatic carbocycles. The predicted octanol–water partition coefficient (Wildman–Crippen LogP) is 2.87. The van der Waals surface area contributed by atoms with E-state index >= 15 is 0 Å². The molecule has 1 aromatic heterocycles. The van der Waals surface area contributed by atoms with Crippen molar-refractivity contribution < 1.29 is 9.47 Å². The zero-order valence-electron chi connectivity index (χ0n) is 13.8. The van der Waals surface area contributed by atoms with Gasteiger partial charge in [0.2, 0.25) is 0 Å². The number of aromatic nitrogens is 1. The Hall–Kier alpha value is -1.82. The van der Waals surface area contributed by atoms with Crippen molar-refractivity contribution in [3.8, 4) is 5.75 Å². The molecule has 0 amide bonds. The van der Waals surface area contributed by atoms with Crippen LogP contribution in [0, 0.1) is 0 Å². The minimum absolute atomic E-state index is 0.689. The Morgan fingerprint density at radius 3 is 2.75 bits per heavy atom. The standard InChI is InChI=1S/C18H22ClN3O2/c1-23-17-4-3-16(19)10-15(17)13-20-11-14-2-5-18(21-12-14)22-6-8-24-9-7-22/h2-5,10,12,20H,6-9,11,13H2,1H3. The third-order valence-corrected chi connectivity index (χ3v) is 4.27. The number of pyridine rings is 1. The minimum atomic E-state index is 0.689. The summed E-state index contributed by atoms with van der Waals surface area (Å²) in [6, 6.07) is 9.83. The van der Waals surface area contributed by atoms with Gasteiger partial charge in [0.05, 0.1) is 20.3 Å². The molecular formula is C18H22ClN3O2. The minimum Gasteiger partial charge on any atom is -0.496 e. The first-order valence-electron chi connectivity index (χ1n) is 8.07. The van der Waals surface area contributed by atoms with Crippen molar-refractivity contribution in [1.82, 2.24) is 10.3 Å². The van der Waals surface area contributed by atoms with Gasteiger partial charge in [-0.15, -0.1) is 0 Å². The second kappa shape index (κ2) is 8.33. The SMILES string of the molecule is COc1ccc(Cl)cc1CNCc1ccc(N2CCOCC2)nc1. The number of morpholine rings is 1. The summed E-state index contributed by atoms with van der Waals surface area (Å²) in [6.45, 7) is 4.78. The van der Waals surface area contributed by atoms with Gasteiger partial charge >= 0.3 is 0 Å². The van der Waals surface area contributed by atoms with Crippen LogP contribution in [0.1, 0.15) is 11.1 Å². The van der Waals surface area contributed by atoms with Crippen molar-refractivity contribution in [3.63, 3.8) is 0 Å². The van der Waals surface area contributed by atoms with Crippen LogP contribution in [0.4, 0.5) is 5.82 Å². The molecule has 0 bridgehead atoms. The highest BCUT2D eigenvalue weighted by atomic mass is 35.5. The number of nitrogens with one attached hydrogen (secondary N) is 1. The molecule has 2 aromatic rings. The van der Waals surface area contributed by atoms with Crippen LogP contribution in [-0.4, -0.2) is 38.4 Å². The molecule has 5 nitrogen and oxygen atoms in total. The van der Waals surface area contributed by atoms with E-state index in [2.05, 4.69) is 27.3 Å². The second-order valence-corrected chi connectivity index (χ2v) is 6.12. The first kappa shape index (κ1) is 17.0. The Balaban J connectivity index is 1.54. The molecule has 0 atom stereocenters. The lowest BCUT2D eigenvalue weighted by atomic mass is 10.2. The maximum Gasteiger partial charge on any atom is 0.128 e. The van der Waals surface area contributed by atoms with E-state index in [1.54, 1.807) is 7.11 Å². The van der Waals surface area contributed by atoms with Gasteiger partial charge in [0, 0.05) is 43.0 Å². The summed E-state index contributed by atoms with van der Waals surface area (Å²) < 4.78 is 10.7. The van der Waals surface area contributed by atoms with Crippen molar-refractivity contribution in [1.29, 1.82) is 0 Å². The second-order valence-electron chi connectivity index (χ2n) is 5.68. The van der Waals surface area contributed by atoms with Crippen LogP contribution in [0.5, 0.6) is 5.75 Å². The van der Waals surface area contributed by atoms with Gasteiger partial charge in [0.25, 0.3) is 0 Å². The zero-order valence-corrected chi connectivity index (χ0v) is 14.6. The largest absolute Gasteiger partial charge is 0.496 e. The first-order valence-corrected chi connectivity index (χ1v) is 8.45. The third-order valence-electron chi connectivity index (χ3n) is 4.03. The van der Waals surface area contributed by atoms with Gasteiger partial charge < -0.3 is 19.7 Å². The molecule has 1 N–H and O–H groups in total. The van der Waals surface area contributed by atoms with Crippen LogP contribution in [-0.2, 0) is 17.8 Å². The Morgan fingerprint density at radius 2 is 2.04 bits per heavy atom. The number of halogens is 1. The van der Waals surface area contributed by atoms with Crippen LogP contribution in [0.3, 0.4) is 0 Å². The van der Waals surface area contributed by atoms with E-state index in [4.69, 9.17) is 21.1 Å². The predicted molar refractivity (Wildman–Crippen MR) is 95.8 cm³/mol. The Labute approximate surface area is 147 Å². The van der Waals surface area contributed by atoms with Gasteiger partial charge in [-0.25, -0.2) is 4.98 Å². The maximum absolute atomic E-state index is 6.05. The summed E-state index contributed by atoms with van der Waals surface area (Å²) >= 11 is 6.05. The summed E-state index contributed by atoms with van der Waals surface area (Å²) in [7, 11) is 1.67. The average molecular weight is 348 g/mol. The maximum atomic E-state index is 6.05. The van der Waals surface area contributed by atoms with E-state index in [0.29, 0.717) is 11.6 Å². The van der Waals surface area contributed by atoms with E-state index in [0.717, 1.165) is 55.5 Å². The fourth-order valence-electron chi connectivity index (χ4n) is 2.73. The number of ether oxygens (including phenoxy) is 2. The fourth-order valence-corrected chi connectivity index (χ4v) is 2.92. The van der Waals surface area contributed by atoms with Crippen molar-refractivity contribution in [2.75, 3.05) is 38.3 Å². The summed E-state index contributed by atoms with van der Waals surface area (Å²) in [6.07, 6.45) is 1.92. The van der Waals surface area contributed by atoms with Gasteiger partial charge in [0.15, 0.2) is 0 Å². The Bertz CT molecular complexity index is 658. The quantitative estimate of drug-likeness (QED) is 0.870. The average Bonchev–Trinajstić information content (AvgIpc) is 2.63. The van der Waals surface area contributed by atoms with E-state index < -0.39 is 0 Å². The van der Waals surface area contributed by atoms with E-state index in [-0.39, 0.29) is 0 Å². The smallest absolute Gasteiger partial charge is 0.128 e. The highest BCUT2D eigenvalue weighted by Crippen LogP contribution is 2.22. The fraction of sp³-hybridized carbons (Fsp3) is 0.389. The molecule has 6 heteroatoms. The topological polar surface area (TPSA) is 46.6 Å². The van der Waals surface area contributed by atoms with Crippen LogP contribution in [0.15, 0.2) is 36.5 Å². The lowest BCUT2D eigenvalue weighted by molar-refractivity contribution is 0.122. The monoisotopic (exact) mass is 347 g/mol. The molecule has 1 aromatic carbocycles. The summed E-state index contributed by atoms with van der Waals surface area (Å²) in [4.78, 5) is 6.81. The van der Waals surface area contributed by atoms with Crippen LogP contribution in [0.2, 0.25) is 5.02 Å². The highest BCUT2D eigenvalue weighted by Gasteiger charge is 2.11. The molecule has 128 valence electrons. The number of rotatable bonds is 6. The molecular weight excluding hydrogens is 326 g/mol. The molecule has 1 aliphatic rings. The van der Waals surface area contributed by atoms with Crippen LogP contribution < -0.4 is 15.0 Å². The van der Waals surface area contributed by atoms with Gasteiger partial charge in [-0.05, 0) is 29.8 Å². The molecule has 0 unspecified atom stereocenters. The molecule has 0 saturated carbocycles. The molecule has 1 fully saturated rings. The van der Waals surface area contributed by atoms with Crippen molar-refractivity contribution in [3.05, 3.63) is 52.7 Å².